The molecule has 1 N–H and O–H groups in total. The molecule has 3 rings (SSSR count). The Morgan fingerprint density at radius 3 is 2.64 bits per heavy atom. The molecule has 0 bridgehead atoms. The Morgan fingerprint density at radius 1 is 1.14 bits per heavy atom. The first kappa shape index (κ1) is 20.3. The van der Waals surface area contributed by atoms with Gasteiger partial charge in [0.05, 0.1) is 11.0 Å². The summed E-state index contributed by atoms with van der Waals surface area (Å²) in [7, 11) is 1.50. The Bertz CT molecular complexity index is 794. The van der Waals surface area contributed by atoms with Gasteiger partial charge in [-0.2, -0.15) is 0 Å². The standard InChI is InChI=1S/C21H30N4O3/c1-28-16-20(26)22-12-10-19-23-17-8-4-5-9-18(17)25(19)15-11-21(27)24-13-6-2-3-7-14-24/h4-5,8-9H,2-3,6-7,10-16H2,1H3,(H,22,26). The second-order valence-corrected chi connectivity index (χ2v) is 7.25. The Balaban J connectivity index is 1.66. The molecule has 0 unspecified atom stereocenters. The predicted molar refractivity (Wildman–Crippen MR) is 108 cm³/mol. The summed E-state index contributed by atoms with van der Waals surface area (Å²) >= 11 is 0. The van der Waals surface area contributed by atoms with Crippen molar-refractivity contribution in [2.24, 2.45) is 0 Å². The van der Waals surface area contributed by atoms with Crippen LogP contribution in [0.2, 0.25) is 0 Å². The van der Waals surface area contributed by atoms with E-state index in [2.05, 4.69) is 9.88 Å². The van der Waals surface area contributed by atoms with E-state index in [0.29, 0.717) is 25.9 Å². The molecule has 7 heteroatoms. The number of rotatable bonds is 8. The van der Waals surface area contributed by atoms with Crippen LogP contribution in [0.15, 0.2) is 24.3 Å². The van der Waals surface area contributed by atoms with Gasteiger partial charge in [0.1, 0.15) is 12.4 Å². The van der Waals surface area contributed by atoms with Crippen LogP contribution in [0.1, 0.15) is 37.9 Å². The van der Waals surface area contributed by atoms with E-state index in [4.69, 9.17) is 9.72 Å². The van der Waals surface area contributed by atoms with Crippen molar-refractivity contribution >= 4 is 22.8 Å². The smallest absolute Gasteiger partial charge is 0.245 e. The number of carbonyl (C=O) groups excluding carboxylic acids is 2. The third kappa shape index (κ3) is 5.32. The molecule has 2 aromatic rings. The molecule has 1 aromatic carbocycles. The molecule has 0 radical (unpaired) electrons. The lowest BCUT2D eigenvalue weighted by Gasteiger charge is -2.20. The van der Waals surface area contributed by atoms with Crippen LogP contribution in [0.3, 0.4) is 0 Å². The molecule has 0 atom stereocenters. The number of amides is 2. The fraction of sp³-hybridized carbons (Fsp3) is 0.571. The van der Waals surface area contributed by atoms with Gasteiger partial charge in [-0.25, -0.2) is 4.98 Å². The van der Waals surface area contributed by atoms with Crippen LogP contribution in [0.25, 0.3) is 11.0 Å². The van der Waals surface area contributed by atoms with Gasteiger partial charge in [0, 0.05) is 46.1 Å². The van der Waals surface area contributed by atoms with Crippen LogP contribution in [0.5, 0.6) is 0 Å². The molecule has 1 saturated heterocycles. The molecule has 2 amide bonds. The first-order chi connectivity index (χ1) is 13.7. The molecule has 2 heterocycles. The third-order valence-corrected chi connectivity index (χ3v) is 5.19. The number of ether oxygens (including phenoxy) is 1. The average Bonchev–Trinajstić information content (AvgIpc) is 2.85. The van der Waals surface area contributed by atoms with Crippen LogP contribution in [0.4, 0.5) is 0 Å². The van der Waals surface area contributed by atoms with Gasteiger partial charge in [0.2, 0.25) is 11.8 Å². The molecule has 152 valence electrons. The number of hydrogen-bond acceptors (Lipinski definition) is 4. The monoisotopic (exact) mass is 386 g/mol. The molecule has 1 aromatic heterocycles. The maximum atomic E-state index is 12.7. The predicted octanol–water partition coefficient (Wildman–Crippen LogP) is 2.13. The number of nitrogens with one attached hydrogen (secondary N) is 1. The normalized spacial score (nSPS) is 14.8. The van der Waals surface area contributed by atoms with Crippen LogP contribution in [-0.4, -0.2) is 59.6 Å². The number of nitrogens with zero attached hydrogens (tertiary/aromatic N) is 3. The number of benzene rings is 1. The maximum Gasteiger partial charge on any atom is 0.245 e. The van der Waals surface area contributed by atoms with Gasteiger partial charge < -0.3 is 19.5 Å². The highest BCUT2D eigenvalue weighted by molar-refractivity contribution is 5.78. The Kier molecular flexibility index (Phi) is 7.42. The summed E-state index contributed by atoms with van der Waals surface area (Å²) in [6.07, 6.45) is 5.73. The van der Waals surface area contributed by atoms with Crippen molar-refractivity contribution in [3.8, 4) is 0 Å². The minimum absolute atomic E-state index is 0.0563. The molecule has 7 nitrogen and oxygen atoms in total. The van der Waals surface area contributed by atoms with Crippen LogP contribution in [-0.2, 0) is 27.3 Å². The second-order valence-electron chi connectivity index (χ2n) is 7.25. The number of carbonyl (C=O) groups is 2. The van der Waals surface area contributed by atoms with Gasteiger partial charge in [0.25, 0.3) is 0 Å². The SMILES string of the molecule is COCC(=O)NCCc1nc2ccccc2n1CCC(=O)N1CCCCCC1. The minimum atomic E-state index is -0.137. The van der Waals surface area contributed by atoms with Crippen molar-refractivity contribution in [3.05, 3.63) is 30.1 Å². The van der Waals surface area contributed by atoms with E-state index in [0.717, 1.165) is 42.8 Å². The lowest BCUT2D eigenvalue weighted by atomic mass is 10.2. The zero-order valence-corrected chi connectivity index (χ0v) is 16.7. The molecule has 1 aliphatic heterocycles. The molecular formula is C21H30N4O3. The number of para-hydroxylation sites is 2. The van der Waals surface area contributed by atoms with E-state index in [1.54, 1.807) is 0 Å². The third-order valence-electron chi connectivity index (χ3n) is 5.19. The zero-order valence-electron chi connectivity index (χ0n) is 16.7. The highest BCUT2D eigenvalue weighted by Gasteiger charge is 2.17. The Morgan fingerprint density at radius 2 is 1.89 bits per heavy atom. The topological polar surface area (TPSA) is 76.5 Å². The number of hydrogen-bond donors (Lipinski definition) is 1. The second kappa shape index (κ2) is 10.2. The highest BCUT2D eigenvalue weighted by atomic mass is 16.5. The summed E-state index contributed by atoms with van der Waals surface area (Å²) in [5.74, 6) is 0.975. The number of aromatic nitrogens is 2. The van der Waals surface area contributed by atoms with Crippen LogP contribution < -0.4 is 5.32 Å². The fourth-order valence-corrected chi connectivity index (χ4v) is 3.75. The summed E-state index contributed by atoms with van der Waals surface area (Å²) in [6, 6.07) is 7.97. The van der Waals surface area contributed by atoms with E-state index in [-0.39, 0.29) is 18.4 Å². The van der Waals surface area contributed by atoms with Crippen molar-refractivity contribution in [2.45, 2.75) is 45.1 Å². The lowest BCUT2D eigenvalue weighted by Crippen LogP contribution is -2.32. The van der Waals surface area contributed by atoms with Gasteiger partial charge in [-0.15, -0.1) is 0 Å². The number of likely N-dealkylation sites (tertiary alicyclic amines) is 1. The quantitative estimate of drug-likeness (QED) is 0.754. The summed E-state index contributed by atoms with van der Waals surface area (Å²) in [5.41, 5.74) is 1.95. The highest BCUT2D eigenvalue weighted by Crippen LogP contribution is 2.18. The summed E-state index contributed by atoms with van der Waals surface area (Å²) in [4.78, 5) is 31.0. The Hall–Kier alpha value is -2.41. The van der Waals surface area contributed by atoms with E-state index >= 15 is 0 Å². The van der Waals surface area contributed by atoms with E-state index in [9.17, 15) is 9.59 Å². The van der Waals surface area contributed by atoms with Gasteiger partial charge in [-0.05, 0) is 25.0 Å². The van der Waals surface area contributed by atoms with E-state index in [1.807, 2.05) is 29.2 Å². The molecule has 0 spiro atoms. The number of fused-ring (bicyclic) bond motifs is 1. The van der Waals surface area contributed by atoms with Gasteiger partial charge >= 0.3 is 0 Å². The molecule has 1 fully saturated rings. The summed E-state index contributed by atoms with van der Waals surface area (Å²) in [6.45, 7) is 2.91. The summed E-state index contributed by atoms with van der Waals surface area (Å²) in [5, 5.41) is 2.83. The van der Waals surface area contributed by atoms with Crippen molar-refractivity contribution in [2.75, 3.05) is 33.4 Å². The van der Waals surface area contributed by atoms with Crippen molar-refractivity contribution < 1.29 is 14.3 Å². The lowest BCUT2D eigenvalue weighted by molar-refractivity contribution is -0.131. The van der Waals surface area contributed by atoms with E-state index < -0.39 is 0 Å². The minimum Gasteiger partial charge on any atom is -0.375 e. The van der Waals surface area contributed by atoms with Gasteiger partial charge in [-0.3, -0.25) is 9.59 Å². The molecule has 0 saturated carbocycles. The van der Waals surface area contributed by atoms with Gasteiger partial charge in [0.15, 0.2) is 0 Å². The molecule has 28 heavy (non-hydrogen) atoms. The van der Waals surface area contributed by atoms with Crippen molar-refractivity contribution in [3.63, 3.8) is 0 Å². The largest absolute Gasteiger partial charge is 0.375 e. The Labute approximate surface area is 166 Å². The number of aryl methyl sites for hydroxylation is 1. The average molecular weight is 386 g/mol. The summed E-state index contributed by atoms with van der Waals surface area (Å²) < 4.78 is 6.95. The van der Waals surface area contributed by atoms with Crippen molar-refractivity contribution in [1.29, 1.82) is 0 Å². The number of imidazole rings is 1. The molecule has 1 aliphatic rings. The zero-order chi connectivity index (χ0) is 19.8. The number of methoxy groups -OCH3 is 1. The fourth-order valence-electron chi connectivity index (χ4n) is 3.75. The molecule has 0 aliphatic carbocycles. The maximum absolute atomic E-state index is 12.7. The first-order valence-electron chi connectivity index (χ1n) is 10.2. The van der Waals surface area contributed by atoms with E-state index in [1.165, 1.54) is 20.0 Å². The van der Waals surface area contributed by atoms with Crippen LogP contribution in [0, 0.1) is 0 Å². The van der Waals surface area contributed by atoms with Gasteiger partial charge in [-0.1, -0.05) is 25.0 Å². The van der Waals surface area contributed by atoms with Crippen molar-refractivity contribution in [1.82, 2.24) is 19.8 Å². The first-order valence-corrected chi connectivity index (χ1v) is 10.2. The molecular weight excluding hydrogens is 356 g/mol. The van der Waals surface area contributed by atoms with Crippen LogP contribution >= 0.6 is 0 Å².